The third kappa shape index (κ3) is 3.82. The normalized spacial score (nSPS) is 18.0. The maximum atomic E-state index is 10.9. The Kier molecular flexibility index (Phi) is 4.41. The largest absolute Gasteiger partial charge is 0.328 e. The Balaban J connectivity index is 4.09. The number of hydrogen-bond acceptors (Lipinski definition) is 4. The predicted molar refractivity (Wildman–Crippen MR) is 43.2 cm³/mol. The van der Waals surface area contributed by atoms with Gasteiger partial charge in [-0.3, -0.25) is 14.8 Å². The van der Waals surface area contributed by atoms with Crippen LogP contribution in [0.25, 0.3) is 0 Å². The highest BCUT2D eigenvalue weighted by atomic mass is 31.2. The van der Waals surface area contributed by atoms with Crippen LogP contribution in [0.3, 0.4) is 0 Å². The quantitative estimate of drug-likeness (QED) is 0.242. The van der Waals surface area contributed by atoms with Gasteiger partial charge in [-0.2, -0.15) is 0 Å². The molecular weight excluding hydrogens is 183 g/mol. The first-order valence-corrected chi connectivity index (χ1v) is 5.07. The van der Waals surface area contributed by atoms with Gasteiger partial charge in [0.15, 0.2) is 0 Å². The second-order valence-corrected chi connectivity index (χ2v) is 4.42. The van der Waals surface area contributed by atoms with Crippen molar-refractivity contribution < 1.29 is 18.8 Å². The summed E-state index contributed by atoms with van der Waals surface area (Å²) in [6, 6.07) is 0. The van der Waals surface area contributed by atoms with E-state index >= 15 is 0 Å². The third-order valence-corrected chi connectivity index (χ3v) is 2.96. The minimum atomic E-state index is -3.61. The van der Waals surface area contributed by atoms with E-state index in [9.17, 15) is 9.36 Å². The molecule has 12 heavy (non-hydrogen) atoms. The fourth-order valence-corrected chi connectivity index (χ4v) is 1.65. The molecule has 0 aromatic rings. The number of hydrogen-bond donors (Lipinski definition) is 3. The van der Waals surface area contributed by atoms with E-state index in [1.165, 1.54) is 6.92 Å². The van der Waals surface area contributed by atoms with Crippen LogP contribution in [-0.2, 0) is 13.9 Å². The molecule has 0 radical (unpaired) electrons. The Bertz CT molecular complexity index is 208. The van der Waals surface area contributed by atoms with Crippen LogP contribution >= 0.6 is 7.60 Å². The third-order valence-electron chi connectivity index (χ3n) is 1.38. The van der Waals surface area contributed by atoms with Gasteiger partial charge in [0.05, 0.1) is 6.16 Å². The van der Waals surface area contributed by atoms with Gasteiger partial charge < -0.3 is 9.42 Å². The van der Waals surface area contributed by atoms with Crippen LogP contribution in [0.2, 0.25) is 0 Å². The molecule has 0 saturated heterocycles. The van der Waals surface area contributed by atoms with Crippen LogP contribution < -0.4 is 11.3 Å². The summed E-state index contributed by atoms with van der Waals surface area (Å²) in [5.41, 5.74) is 1.88. The minimum Gasteiger partial charge on any atom is -0.324 e. The van der Waals surface area contributed by atoms with Crippen LogP contribution in [0.5, 0.6) is 0 Å². The first-order valence-electron chi connectivity index (χ1n) is 3.31. The number of hydrazine groups is 1. The van der Waals surface area contributed by atoms with Crippen molar-refractivity contribution in [3.8, 4) is 0 Å². The predicted octanol–water partition coefficient (Wildman–Crippen LogP) is -0.556. The van der Waals surface area contributed by atoms with E-state index in [0.29, 0.717) is 0 Å². The number of carbonyl (C=O) groups excluding carboxylic acids is 1. The van der Waals surface area contributed by atoms with Gasteiger partial charge >= 0.3 is 7.60 Å². The van der Waals surface area contributed by atoms with E-state index in [1.54, 1.807) is 0 Å². The van der Waals surface area contributed by atoms with Gasteiger partial charge in [0.2, 0.25) is 5.91 Å². The molecule has 0 aromatic heterocycles. The molecule has 0 bridgehead atoms. The molecule has 0 aliphatic rings. The van der Waals surface area contributed by atoms with Gasteiger partial charge in [-0.05, 0) is 0 Å². The molecule has 0 rings (SSSR count). The van der Waals surface area contributed by atoms with Crippen molar-refractivity contribution in [1.29, 1.82) is 0 Å². The molecule has 7 heteroatoms. The van der Waals surface area contributed by atoms with E-state index in [-0.39, 0.29) is 6.16 Å². The summed E-state index contributed by atoms with van der Waals surface area (Å²) < 4.78 is 15.2. The topological polar surface area (TPSA) is 102 Å². The Labute approximate surface area is 70.6 Å². The molecule has 0 fully saturated rings. The number of amides is 1. The summed E-state index contributed by atoms with van der Waals surface area (Å²) in [5, 5.41) is 0. The molecule has 1 amide bonds. The summed E-state index contributed by atoms with van der Waals surface area (Å²) in [6.07, 6.45) is -0.230. The Morgan fingerprint density at radius 2 is 2.33 bits per heavy atom. The maximum absolute atomic E-state index is 10.9. The van der Waals surface area contributed by atoms with Crippen molar-refractivity contribution >= 4 is 13.5 Å². The van der Waals surface area contributed by atoms with E-state index in [1.807, 2.05) is 5.43 Å². The molecule has 72 valence electrons. The lowest BCUT2D eigenvalue weighted by atomic mass is 10.2. The molecule has 1 unspecified atom stereocenters. The summed E-state index contributed by atoms with van der Waals surface area (Å²) in [4.78, 5) is 19.7. The second kappa shape index (κ2) is 4.57. The molecule has 0 aliphatic carbocycles. The van der Waals surface area contributed by atoms with Gasteiger partial charge in [-0.25, -0.2) is 5.84 Å². The highest BCUT2D eigenvalue weighted by molar-refractivity contribution is 7.52. The van der Waals surface area contributed by atoms with Crippen LogP contribution in [0.4, 0.5) is 0 Å². The number of nitrogens with two attached hydrogens (primary N) is 1. The average molecular weight is 196 g/mol. The van der Waals surface area contributed by atoms with Crippen molar-refractivity contribution in [3.63, 3.8) is 0 Å². The second-order valence-electron chi connectivity index (χ2n) is 2.41. The summed E-state index contributed by atoms with van der Waals surface area (Å²) in [6.45, 7) is 1.49. The van der Waals surface area contributed by atoms with E-state index in [0.717, 1.165) is 7.11 Å². The van der Waals surface area contributed by atoms with Crippen molar-refractivity contribution in [2.24, 2.45) is 11.8 Å². The molecule has 0 aliphatic heterocycles. The zero-order valence-corrected chi connectivity index (χ0v) is 7.88. The van der Waals surface area contributed by atoms with Gasteiger partial charge in [-0.15, -0.1) is 0 Å². The highest BCUT2D eigenvalue weighted by Crippen LogP contribution is 2.42. The van der Waals surface area contributed by atoms with Gasteiger partial charge in [0, 0.05) is 13.0 Å². The van der Waals surface area contributed by atoms with Crippen LogP contribution in [-0.4, -0.2) is 24.1 Å². The van der Waals surface area contributed by atoms with E-state index in [4.69, 9.17) is 10.7 Å². The standard InChI is InChI=1S/C5H13N2O4P/c1-4(5(8)7-6)3-12(9,10)11-2/h4H,3,6H2,1-2H3,(H,7,8)(H,9,10)/t4-/m0/s1. The molecule has 6 nitrogen and oxygen atoms in total. The van der Waals surface area contributed by atoms with Crippen LogP contribution in [0.1, 0.15) is 6.92 Å². The molecule has 0 saturated carbocycles. The van der Waals surface area contributed by atoms with E-state index in [2.05, 4.69) is 4.52 Å². The maximum Gasteiger partial charge on any atom is 0.328 e. The summed E-state index contributed by atoms with van der Waals surface area (Å²) in [5.74, 6) is 3.70. The van der Waals surface area contributed by atoms with Crippen molar-refractivity contribution in [2.45, 2.75) is 6.92 Å². The van der Waals surface area contributed by atoms with Gasteiger partial charge in [0.25, 0.3) is 0 Å². The fourth-order valence-electron chi connectivity index (χ4n) is 0.646. The highest BCUT2D eigenvalue weighted by Gasteiger charge is 2.25. The molecule has 0 heterocycles. The van der Waals surface area contributed by atoms with Crippen LogP contribution in [0.15, 0.2) is 0 Å². The van der Waals surface area contributed by atoms with Crippen molar-refractivity contribution in [1.82, 2.24) is 5.43 Å². The lowest BCUT2D eigenvalue weighted by Gasteiger charge is -2.12. The Morgan fingerprint density at radius 3 is 2.67 bits per heavy atom. The molecule has 0 aromatic carbocycles. The van der Waals surface area contributed by atoms with Crippen molar-refractivity contribution in [2.75, 3.05) is 13.3 Å². The van der Waals surface area contributed by atoms with Crippen LogP contribution in [0, 0.1) is 5.92 Å². The summed E-state index contributed by atoms with van der Waals surface area (Å²) >= 11 is 0. The fraction of sp³-hybridized carbons (Fsp3) is 0.800. The zero-order chi connectivity index (χ0) is 9.78. The monoisotopic (exact) mass is 196 g/mol. The van der Waals surface area contributed by atoms with Crippen molar-refractivity contribution in [3.05, 3.63) is 0 Å². The SMILES string of the molecule is COP(=O)(O)C[C@H](C)C(=O)NN. The number of nitrogens with one attached hydrogen (secondary N) is 1. The summed E-state index contributed by atoms with van der Waals surface area (Å²) in [7, 11) is -2.49. The average Bonchev–Trinajstić information content (AvgIpc) is 2.02. The minimum absolute atomic E-state index is 0.230. The van der Waals surface area contributed by atoms with Gasteiger partial charge in [0.1, 0.15) is 0 Å². The number of rotatable bonds is 4. The lowest BCUT2D eigenvalue weighted by Crippen LogP contribution is -2.36. The zero-order valence-electron chi connectivity index (χ0n) is 6.98. The Hall–Kier alpha value is -0.420. The molecule has 4 N–H and O–H groups in total. The molecule has 2 atom stereocenters. The number of carbonyl (C=O) groups is 1. The first-order chi connectivity index (χ1) is 5.43. The molecule has 0 spiro atoms. The first kappa shape index (κ1) is 11.6. The van der Waals surface area contributed by atoms with E-state index < -0.39 is 19.4 Å². The molecular formula is C5H13N2O4P. The lowest BCUT2D eigenvalue weighted by molar-refractivity contribution is -0.124. The van der Waals surface area contributed by atoms with Gasteiger partial charge in [-0.1, -0.05) is 6.92 Å². The smallest absolute Gasteiger partial charge is 0.324 e. The Morgan fingerprint density at radius 1 is 1.83 bits per heavy atom.